The molecule has 0 heterocycles. The smallest absolute Gasteiger partial charge is 0.323 e. The first-order valence-electron chi connectivity index (χ1n) is 6.75. The number of hydrogen-bond donors (Lipinski definition) is 2. The van der Waals surface area contributed by atoms with E-state index < -0.39 is 11.5 Å². The maximum absolute atomic E-state index is 11.2. The minimum absolute atomic E-state index is 0.582. The molecular formula is C15H23NO3. The summed E-state index contributed by atoms with van der Waals surface area (Å²) in [4.78, 5) is 11.2. The van der Waals surface area contributed by atoms with Crippen LogP contribution in [0.4, 0.5) is 0 Å². The molecule has 2 N–H and O–H groups in total. The van der Waals surface area contributed by atoms with Crippen LogP contribution in [0.15, 0.2) is 30.3 Å². The van der Waals surface area contributed by atoms with E-state index in [4.69, 9.17) is 4.74 Å². The molecule has 1 aromatic rings. The zero-order chi connectivity index (χ0) is 14.1. The van der Waals surface area contributed by atoms with Crippen molar-refractivity contribution in [3.8, 4) is 5.75 Å². The van der Waals surface area contributed by atoms with E-state index in [1.165, 1.54) is 0 Å². The molecule has 0 aromatic heterocycles. The molecule has 4 nitrogen and oxygen atoms in total. The normalized spacial score (nSPS) is 13.8. The van der Waals surface area contributed by atoms with Gasteiger partial charge in [0, 0.05) is 0 Å². The lowest BCUT2D eigenvalue weighted by Crippen LogP contribution is -2.49. The summed E-state index contributed by atoms with van der Waals surface area (Å²) in [7, 11) is 0. The van der Waals surface area contributed by atoms with Crippen molar-refractivity contribution in [2.75, 3.05) is 13.2 Å². The van der Waals surface area contributed by atoms with Crippen LogP contribution in [0.2, 0.25) is 0 Å². The van der Waals surface area contributed by atoms with Gasteiger partial charge < -0.3 is 15.2 Å². The third-order valence-corrected chi connectivity index (χ3v) is 3.07. The van der Waals surface area contributed by atoms with Crippen molar-refractivity contribution < 1.29 is 14.6 Å². The van der Waals surface area contributed by atoms with Gasteiger partial charge in [-0.05, 0) is 38.4 Å². The second-order valence-electron chi connectivity index (χ2n) is 4.83. The molecule has 1 rings (SSSR count). The monoisotopic (exact) mass is 265 g/mol. The molecular weight excluding hydrogens is 242 g/mol. The second kappa shape index (κ2) is 7.79. The number of carbonyl (C=O) groups is 1. The SMILES string of the molecule is CCCC(C)(NCCCOc1ccccc1)C(=O)O. The van der Waals surface area contributed by atoms with Gasteiger partial charge in [-0.2, -0.15) is 0 Å². The van der Waals surface area contributed by atoms with E-state index in [1.54, 1.807) is 6.92 Å². The van der Waals surface area contributed by atoms with Crippen molar-refractivity contribution in [2.45, 2.75) is 38.6 Å². The maximum Gasteiger partial charge on any atom is 0.323 e. The molecule has 4 heteroatoms. The largest absolute Gasteiger partial charge is 0.494 e. The Morgan fingerprint density at radius 1 is 1.37 bits per heavy atom. The maximum atomic E-state index is 11.2. The molecule has 0 fully saturated rings. The van der Waals surface area contributed by atoms with Crippen molar-refractivity contribution in [1.29, 1.82) is 0 Å². The van der Waals surface area contributed by atoms with Gasteiger partial charge in [-0.15, -0.1) is 0 Å². The highest BCUT2D eigenvalue weighted by Crippen LogP contribution is 2.12. The molecule has 0 spiro atoms. The molecule has 1 unspecified atom stereocenters. The lowest BCUT2D eigenvalue weighted by atomic mass is 9.96. The van der Waals surface area contributed by atoms with E-state index in [-0.39, 0.29) is 0 Å². The van der Waals surface area contributed by atoms with Crippen molar-refractivity contribution in [2.24, 2.45) is 0 Å². The topological polar surface area (TPSA) is 58.6 Å². The standard InChI is InChI=1S/C15H23NO3/c1-3-10-15(2,14(17)18)16-11-7-12-19-13-8-5-4-6-9-13/h4-6,8-9,16H,3,7,10-12H2,1-2H3,(H,17,18). The number of hydrogen-bond acceptors (Lipinski definition) is 3. The van der Waals surface area contributed by atoms with Crippen LogP contribution in [0.3, 0.4) is 0 Å². The van der Waals surface area contributed by atoms with E-state index in [0.29, 0.717) is 19.6 Å². The molecule has 0 aliphatic carbocycles. The highest BCUT2D eigenvalue weighted by molar-refractivity contribution is 5.78. The first-order valence-corrected chi connectivity index (χ1v) is 6.75. The summed E-state index contributed by atoms with van der Waals surface area (Å²) in [6.45, 7) is 4.94. The highest BCUT2D eigenvalue weighted by Gasteiger charge is 2.30. The van der Waals surface area contributed by atoms with Crippen LogP contribution >= 0.6 is 0 Å². The molecule has 1 aromatic carbocycles. The Morgan fingerprint density at radius 2 is 2.05 bits per heavy atom. The van der Waals surface area contributed by atoms with E-state index in [1.807, 2.05) is 37.3 Å². The number of para-hydroxylation sites is 1. The van der Waals surface area contributed by atoms with E-state index in [9.17, 15) is 9.90 Å². The van der Waals surface area contributed by atoms with E-state index >= 15 is 0 Å². The van der Waals surface area contributed by atoms with Gasteiger partial charge in [0.1, 0.15) is 11.3 Å². The lowest BCUT2D eigenvalue weighted by molar-refractivity contribution is -0.144. The van der Waals surface area contributed by atoms with Crippen molar-refractivity contribution in [1.82, 2.24) is 5.32 Å². The Kier molecular flexibility index (Phi) is 6.36. The molecule has 0 radical (unpaired) electrons. The molecule has 0 saturated heterocycles. The molecule has 0 aliphatic rings. The number of carboxylic acid groups (broad SMARTS) is 1. The van der Waals surface area contributed by atoms with Gasteiger partial charge in [-0.25, -0.2) is 0 Å². The summed E-state index contributed by atoms with van der Waals surface area (Å²) in [6, 6.07) is 9.61. The third-order valence-electron chi connectivity index (χ3n) is 3.07. The average molecular weight is 265 g/mol. The van der Waals surface area contributed by atoms with Gasteiger partial charge in [0.2, 0.25) is 0 Å². The van der Waals surface area contributed by atoms with Crippen molar-refractivity contribution in [3.63, 3.8) is 0 Å². The number of carboxylic acids is 1. The molecule has 0 aliphatic heterocycles. The van der Waals surface area contributed by atoms with Crippen LogP contribution < -0.4 is 10.1 Å². The second-order valence-corrected chi connectivity index (χ2v) is 4.83. The Morgan fingerprint density at radius 3 is 2.63 bits per heavy atom. The lowest BCUT2D eigenvalue weighted by Gasteiger charge is -2.25. The number of nitrogens with one attached hydrogen (secondary N) is 1. The number of benzene rings is 1. The fourth-order valence-electron chi connectivity index (χ4n) is 1.91. The fourth-order valence-corrected chi connectivity index (χ4v) is 1.91. The summed E-state index contributed by atoms with van der Waals surface area (Å²) in [5.41, 5.74) is -0.832. The first-order chi connectivity index (χ1) is 9.08. The van der Waals surface area contributed by atoms with E-state index in [0.717, 1.165) is 18.6 Å². The molecule has 1 atom stereocenters. The Hall–Kier alpha value is -1.55. The number of aliphatic carboxylic acids is 1. The minimum Gasteiger partial charge on any atom is -0.494 e. The van der Waals surface area contributed by atoms with Crippen LogP contribution in [-0.2, 0) is 4.79 Å². The summed E-state index contributed by atoms with van der Waals surface area (Å²) in [5.74, 6) is 0.0513. The van der Waals surface area contributed by atoms with Crippen LogP contribution in [0.25, 0.3) is 0 Å². The Balaban J connectivity index is 2.24. The molecule has 106 valence electrons. The van der Waals surface area contributed by atoms with Crippen LogP contribution in [-0.4, -0.2) is 29.8 Å². The van der Waals surface area contributed by atoms with Crippen LogP contribution in [0.5, 0.6) is 5.75 Å². The molecule has 0 bridgehead atoms. The van der Waals surface area contributed by atoms with Gasteiger partial charge >= 0.3 is 5.97 Å². The summed E-state index contributed by atoms with van der Waals surface area (Å²) < 4.78 is 5.55. The van der Waals surface area contributed by atoms with Crippen LogP contribution in [0.1, 0.15) is 33.1 Å². The molecule has 0 amide bonds. The van der Waals surface area contributed by atoms with Crippen molar-refractivity contribution >= 4 is 5.97 Å². The summed E-state index contributed by atoms with van der Waals surface area (Å²) >= 11 is 0. The number of rotatable bonds is 9. The quantitative estimate of drug-likeness (QED) is 0.674. The van der Waals surface area contributed by atoms with Gasteiger partial charge in [-0.3, -0.25) is 4.79 Å². The fraction of sp³-hybridized carbons (Fsp3) is 0.533. The predicted molar refractivity (Wildman–Crippen MR) is 75.5 cm³/mol. The minimum atomic E-state index is -0.832. The molecule has 0 saturated carbocycles. The van der Waals surface area contributed by atoms with Gasteiger partial charge in [0.25, 0.3) is 0 Å². The summed E-state index contributed by atoms with van der Waals surface area (Å²) in [6.07, 6.45) is 2.25. The van der Waals surface area contributed by atoms with E-state index in [2.05, 4.69) is 5.32 Å². The Labute approximate surface area is 114 Å². The third kappa shape index (κ3) is 5.30. The van der Waals surface area contributed by atoms with Gasteiger partial charge in [-0.1, -0.05) is 31.5 Å². The zero-order valence-electron chi connectivity index (χ0n) is 11.7. The number of ether oxygens (including phenoxy) is 1. The summed E-state index contributed by atoms with van der Waals surface area (Å²) in [5, 5.41) is 12.3. The van der Waals surface area contributed by atoms with Crippen LogP contribution in [0, 0.1) is 0 Å². The molecule has 19 heavy (non-hydrogen) atoms. The average Bonchev–Trinajstić information content (AvgIpc) is 2.39. The van der Waals surface area contributed by atoms with Crippen molar-refractivity contribution in [3.05, 3.63) is 30.3 Å². The Bertz CT molecular complexity index is 380. The zero-order valence-corrected chi connectivity index (χ0v) is 11.7. The first kappa shape index (κ1) is 15.5. The van der Waals surface area contributed by atoms with Gasteiger partial charge in [0.05, 0.1) is 6.61 Å². The predicted octanol–water partition coefficient (Wildman–Crippen LogP) is 2.69. The van der Waals surface area contributed by atoms with Gasteiger partial charge in [0.15, 0.2) is 0 Å². The highest BCUT2D eigenvalue weighted by atomic mass is 16.5.